The molecule has 1 radical (unpaired) electrons. The van der Waals surface area contributed by atoms with E-state index in [1.807, 2.05) is 24.8 Å². The Hall–Kier alpha value is -1.19. The van der Waals surface area contributed by atoms with Gasteiger partial charge < -0.3 is 9.64 Å². The Morgan fingerprint density at radius 2 is 2.14 bits per heavy atom. The van der Waals surface area contributed by atoms with Gasteiger partial charge in [-0.3, -0.25) is 0 Å². The average molecular weight is 373 g/mol. The van der Waals surface area contributed by atoms with Crippen LogP contribution in [0.1, 0.15) is 19.4 Å². The van der Waals surface area contributed by atoms with Gasteiger partial charge in [-0.25, -0.2) is 4.39 Å². The molecule has 1 heterocycles. The molecule has 0 fully saturated rings. The first-order chi connectivity index (χ1) is 10.1. The van der Waals surface area contributed by atoms with E-state index >= 15 is 0 Å². The molecule has 1 aliphatic heterocycles. The zero-order valence-electron chi connectivity index (χ0n) is 13.0. The molecule has 1 aliphatic rings. The summed E-state index contributed by atoms with van der Waals surface area (Å²) in [6.07, 6.45) is 6.61. The van der Waals surface area contributed by atoms with Crippen molar-refractivity contribution in [3.8, 4) is 5.75 Å². The van der Waals surface area contributed by atoms with Crippen LogP contribution >= 0.6 is 0 Å². The number of benzene rings is 1. The summed E-state index contributed by atoms with van der Waals surface area (Å²) in [5.74, 6) is 0.152. The summed E-state index contributed by atoms with van der Waals surface area (Å²) >= 11 is 0. The number of likely N-dealkylation sites (N-methyl/N-ethyl adjacent to an activating group) is 1. The summed E-state index contributed by atoms with van der Waals surface area (Å²) in [5, 5.41) is 0. The van der Waals surface area contributed by atoms with Gasteiger partial charge in [-0.05, 0) is 18.7 Å². The zero-order chi connectivity index (χ0) is 15.4. The van der Waals surface area contributed by atoms with Crippen molar-refractivity contribution in [2.24, 2.45) is 0 Å². The van der Waals surface area contributed by atoms with Crippen molar-refractivity contribution in [1.82, 2.24) is 4.90 Å². The minimum atomic E-state index is -0.335. The monoisotopic (exact) mass is 373 g/mol. The molecule has 0 bridgehead atoms. The fraction of sp³-hybridized carbons (Fsp3) is 0.222. The molecule has 0 spiro atoms. The maximum absolute atomic E-state index is 14.4. The summed E-state index contributed by atoms with van der Waals surface area (Å²) in [5.41, 5.74) is 3.10. The maximum Gasteiger partial charge on any atom is 0.120 e. The molecule has 0 atom stereocenters. The van der Waals surface area contributed by atoms with Crippen LogP contribution in [0.4, 0.5) is 4.39 Å². The van der Waals surface area contributed by atoms with Crippen LogP contribution in [-0.2, 0) is 32.7 Å². The molecule has 0 aliphatic carbocycles. The Balaban J connectivity index is 0.00000242. The number of ether oxygens (including phenoxy) is 1. The van der Waals surface area contributed by atoms with Crippen molar-refractivity contribution < 1.29 is 41.8 Å². The first-order valence-corrected chi connectivity index (χ1v) is 6.89. The molecular weight excluding hydrogens is 354 g/mol. The van der Waals surface area contributed by atoms with Gasteiger partial charge in [-0.1, -0.05) is 37.4 Å². The van der Waals surface area contributed by atoms with Crippen molar-refractivity contribution in [2.45, 2.75) is 13.8 Å². The summed E-state index contributed by atoms with van der Waals surface area (Å²) in [6, 6.07) is 4.84. The van der Waals surface area contributed by atoms with E-state index in [1.54, 1.807) is 18.2 Å². The van der Waals surface area contributed by atoms with E-state index in [0.29, 0.717) is 30.2 Å². The number of rotatable bonds is 5. The van der Waals surface area contributed by atoms with Gasteiger partial charge in [-0.15, -0.1) is 11.6 Å². The summed E-state index contributed by atoms with van der Waals surface area (Å²) in [7, 11) is 0. The van der Waals surface area contributed by atoms with Gasteiger partial charge in [0.2, 0.25) is 0 Å². The van der Waals surface area contributed by atoms with Gasteiger partial charge in [0.15, 0.2) is 0 Å². The number of allylic oxidation sites excluding steroid dienone is 3. The standard InChI is InChI=1S/C18H19FNO.Y/c1-5-11-21-15-8-9-16(17(19)12-15)18-10-7-13(3)14(4)20(18)6-2;/h5,7-9,12H,1,4,6,11H2,2-3H3;/q-1;. The molecule has 1 aromatic carbocycles. The van der Waals surface area contributed by atoms with E-state index in [0.717, 1.165) is 11.3 Å². The van der Waals surface area contributed by atoms with Crippen LogP contribution in [-0.4, -0.2) is 18.1 Å². The van der Waals surface area contributed by atoms with Crippen molar-refractivity contribution >= 4 is 5.70 Å². The third-order valence-electron chi connectivity index (χ3n) is 3.36. The van der Waals surface area contributed by atoms with Crippen molar-refractivity contribution in [3.05, 3.63) is 72.2 Å². The third-order valence-corrected chi connectivity index (χ3v) is 3.36. The second-order valence-electron chi connectivity index (χ2n) is 4.75. The first-order valence-electron chi connectivity index (χ1n) is 6.89. The molecule has 1 aromatic rings. The first kappa shape index (κ1) is 18.9. The summed E-state index contributed by atoms with van der Waals surface area (Å²) in [4.78, 5) is 1.96. The van der Waals surface area contributed by atoms with E-state index in [1.165, 1.54) is 6.07 Å². The van der Waals surface area contributed by atoms with Crippen molar-refractivity contribution in [3.63, 3.8) is 0 Å². The fourth-order valence-electron chi connectivity index (χ4n) is 2.19. The van der Waals surface area contributed by atoms with Crippen LogP contribution in [0.25, 0.3) is 5.70 Å². The Kier molecular flexibility index (Phi) is 7.24. The number of halogens is 1. The van der Waals surface area contributed by atoms with Crippen LogP contribution in [0.2, 0.25) is 0 Å². The van der Waals surface area contributed by atoms with Crippen LogP contribution in [0.5, 0.6) is 5.75 Å². The Bertz CT molecular complexity index is 634. The predicted octanol–water partition coefficient (Wildman–Crippen LogP) is 4.33. The molecule has 2 rings (SSSR count). The van der Waals surface area contributed by atoms with Crippen molar-refractivity contribution in [2.75, 3.05) is 13.2 Å². The molecule has 4 heteroatoms. The number of hydrogen-bond donors (Lipinski definition) is 0. The second kappa shape index (κ2) is 8.45. The van der Waals surface area contributed by atoms with Gasteiger partial charge >= 0.3 is 0 Å². The van der Waals surface area contributed by atoms with E-state index in [-0.39, 0.29) is 38.5 Å². The predicted molar refractivity (Wildman–Crippen MR) is 84.0 cm³/mol. The SMILES string of the molecule is C=CCOc1ccc(C2=[C-]C=C(C)C(=C)N2CC)c(F)c1.[Y]. The number of hydrogen-bond acceptors (Lipinski definition) is 2. The molecular formula is C18H19FNOY-. The van der Waals surface area contributed by atoms with Gasteiger partial charge in [0.05, 0.1) is 5.82 Å². The van der Waals surface area contributed by atoms with Gasteiger partial charge in [0.1, 0.15) is 12.4 Å². The number of nitrogens with zero attached hydrogens (tertiary/aromatic N) is 1. The molecule has 0 unspecified atom stereocenters. The van der Waals surface area contributed by atoms with E-state index in [4.69, 9.17) is 4.74 Å². The minimum absolute atomic E-state index is 0. The van der Waals surface area contributed by atoms with Gasteiger partial charge in [0.25, 0.3) is 0 Å². The molecule has 0 saturated heterocycles. The average Bonchev–Trinajstić information content (AvgIpc) is 2.48. The Labute approximate surface area is 156 Å². The van der Waals surface area contributed by atoms with E-state index in [2.05, 4.69) is 19.2 Å². The molecule has 113 valence electrons. The smallest absolute Gasteiger partial charge is 0.120 e. The van der Waals surface area contributed by atoms with E-state index < -0.39 is 0 Å². The van der Waals surface area contributed by atoms with Gasteiger partial charge in [0, 0.05) is 45.3 Å². The maximum atomic E-state index is 14.4. The molecule has 0 aromatic heterocycles. The van der Waals surface area contributed by atoms with Crippen molar-refractivity contribution in [1.29, 1.82) is 0 Å². The molecule has 0 amide bonds. The second-order valence-corrected chi connectivity index (χ2v) is 4.75. The van der Waals surface area contributed by atoms with Crippen LogP contribution < -0.4 is 4.74 Å². The summed E-state index contributed by atoms with van der Waals surface area (Å²) in [6.45, 7) is 12.7. The third kappa shape index (κ3) is 3.96. The molecule has 22 heavy (non-hydrogen) atoms. The summed E-state index contributed by atoms with van der Waals surface area (Å²) < 4.78 is 19.7. The fourth-order valence-corrected chi connectivity index (χ4v) is 2.19. The van der Waals surface area contributed by atoms with Crippen LogP contribution in [0, 0.1) is 11.9 Å². The van der Waals surface area contributed by atoms with Gasteiger partial charge in [-0.2, -0.15) is 12.2 Å². The Morgan fingerprint density at radius 1 is 1.41 bits per heavy atom. The topological polar surface area (TPSA) is 12.5 Å². The van der Waals surface area contributed by atoms with E-state index in [9.17, 15) is 4.39 Å². The molecule has 2 nitrogen and oxygen atoms in total. The Morgan fingerprint density at radius 3 is 2.73 bits per heavy atom. The quantitative estimate of drug-likeness (QED) is 0.563. The van der Waals surface area contributed by atoms with Crippen LogP contribution in [0.15, 0.2) is 54.8 Å². The normalized spacial score (nSPS) is 14.0. The largest absolute Gasteiger partial charge is 0.490 e. The molecule has 0 N–H and O–H groups in total. The van der Waals surface area contributed by atoms with Crippen LogP contribution in [0.3, 0.4) is 0 Å². The zero-order valence-corrected chi connectivity index (χ0v) is 15.9. The molecule has 0 saturated carbocycles. The minimum Gasteiger partial charge on any atom is -0.490 e.